The van der Waals surface area contributed by atoms with Crippen LogP contribution in [0.2, 0.25) is 0 Å². The molecular formula is C11H25NO4S. The predicted molar refractivity (Wildman–Crippen MR) is 69.1 cm³/mol. The molecule has 1 N–H and O–H groups in total. The van der Waals surface area contributed by atoms with Crippen LogP contribution in [0.1, 0.15) is 20.8 Å². The van der Waals surface area contributed by atoms with Gasteiger partial charge in [-0.1, -0.05) is 0 Å². The lowest BCUT2D eigenvalue weighted by Crippen LogP contribution is -2.35. The second-order valence-corrected chi connectivity index (χ2v) is 7.65. The summed E-state index contributed by atoms with van der Waals surface area (Å²) >= 11 is 0. The Morgan fingerprint density at radius 2 is 1.71 bits per heavy atom. The molecule has 0 amide bonds. The van der Waals surface area contributed by atoms with Crippen LogP contribution in [0.25, 0.3) is 0 Å². The summed E-state index contributed by atoms with van der Waals surface area (Å²) in [6.45, 7) is 8.00. The summed E-state index contributed by atoms with van der Waals surface area (Å²) in [5.74, 6) is 0.161. The zero-order valence-electron chi connectivity index (χ0n) is 11.3. The first-order valence-electron chi connectivity index (χ1n) is 5.81. The second-order valence-electron chi connectivity index (χ2n) is 4.79. The largest absolute Gasteiger partial charge is 0.382 e. The van der Waals surface area contributed by atoms with Crippen LogP contribution in [0, 0.1) is 0 Å². The van der Waals surface area contributed by atoms with Crippen LogP contribution in [-0.4, -0.2) is 58.9 Å². The molecular weight excluding hydrogens is 242 g/mol. The Kier molecular flexibility index (Phi) is 7.94. The number of sulfone groups is 1. The topological polar surface area (TPSA) is 64.6 Å². The van der Waals surface area contributed by atoms with E-state index in [0.717, 1.165) is 0 Å². The zero-order chi connectivity index (χ0) is 13.4. The molecule has 0 saturated heterocycles. The van der Waals surface area contributed by atoms with Gasteiger partial charge in [-0.15, -0.1) is 0 Å². The Bertz CT molecular complexity index is 282. The fourth-order valence-corrected chi connectivity index (χ4v) is 2.05. The van der Waals surface area contributed by atoms with Crippen LogP contribution in [-0.2, 0) is 19.3 Å². The van der Waals surface area contributed by atoms with Gasteiger partial charge in [-0.2, -0.15) is 0 Å². The maximum atomic E-state index is 11.7. The summed E-state index contributed by atoms with van der Waals surface area (Å²) in [5, 5.41) is 3.05. The van der Waals surface area contributed by atoms with Crippen LogP contribution >= 0.6 is 0 Å². The van der Waals surface area contributed by atoms with Crippen LogP contribution in [0.3, 0.4) is 0 Å². The predicted octanol–water partition coefficient (Wildman–Crippen LogP) is 0.452. The average molecular weight is 267 g/mol. The van der Waals surface area contributed by atoms with E-state index in [1.807, 2.05) is 0 Å². The lowest BCUT2D eigenvalue weighted by atomic mass is 10.3. The summed E-state index contributed by atoms with van der Waals surface area (Å²) in [7, 11) is -1.40. The molecule has 0 rings (SSSR count). The minimum atomic E-state index is -3.02. The molecule has 5 nitrogen and oxygen atoms in total. The lowest BCUT2D eigenvalue weighted by Gasteiger charge is -2.19. The molecule has 0 fully saturated rings. The minimum Gasteiger partial charge on any atom is -0.382 e. The highest BCUT2D eigenvalue weighted by Crippen LogP contribution is 2.14. The van der Waals surface area contributed by atoms with Gasteiger partial charge in [0, 0.05) is 20.2 Å². The molecule has 0 unspecified atom stereocenters. The van der Waals surface area contributed by atoms with Gasteiger partial charge in [-0.25, -0.2) is 8.42 Å². The van der Waals surface area contributed by atoms with Crippen molar-refractivity contribution in [3.05, 3.63) is 0 Å². The summed E-state index contributed by atoms with van der Waals surface area (Å²) in [6, 6.07) is 0. The lowest BCUT2D eigenvalue weighted by molar-refractivity contribution is 0.0722. The van der Waals surface area contributed by atoms with Crippen LogP contribution in [0.5, 0.6) is 0 Å². The van der Waals surface area contributed by atoms with Gasteiger partial charge in [0.15, 0.2) is 9.84 Å². The van der Waals surface area contributed by atoms with E-state index in [4.69, 9.17) is 9.47 Å². The summed E-state index contributed by atoms with van der Waals surface area (Å²) < 4.78 is 32.9. The van der Waals surface area contributed by atoms with Crippen LogP contribution in [0.15, 0.2) is 0 Å². The Morgan fingerprint density at radius 3 is 2.24 bits per heavy atom. The quantitative estimate of drug-likeness (QED) is 0.615. The van der Waals surface area contributed by atoms with E-state index in [-0.39, 0.29) is 5.75 Å². The first-order valence-corrected chi connectivity index (χ1v) is 7.46. The van der Waals surface area contributed by atoms with Crippen molar-refractivity contribution in [2.75, 3.05) is 45.8 Å². The SMILES string of the molecule is COCCOCCNCCS(=O)(=O)C(C)(C)C. The Labute approximate surface area is 105 Å². The molecule has 0 aromatic carbocycles. The van der Waals surface area contributed by atoms with E-state index in [0.29, 0.717) is 32.9 Å². The maximum Gasteiger partial charge on any atom is 0.156 e. The van der Waals surface area contributed by atoms with E-state index in [1.165, 1.54) is 0 Å². The number of nitrogens with one attached hydrogen (secondary N) is 1. The van der Waals surface area contributed by atoms with Crippen molar-refractivity contribution in [1.82, 2.24) is 5.32 Å². The number of ether oxygens (including phenoxy) is 2. The van der Waals surface area contributed by atoms with E-state index in [1.54, 1.807) is 27.9 Å². The van der Waals surface area contributed by atoms with Gasteiger partial charge in [0.25, 0.3) is 0 Å². The van der Waals surface area contributed by atoms with Crippen molar-refractivity contribution >= 4 is 9.84 Å². The molecule has 0 spiro atoms. The van der Waals surface area contributed by atoms with Crippen molar-refractivity contribution in [1.29, 1.82) is 0 Å². The molecule has 0 heterocycles. The van der Waals surface area contributed by atoms with Crippen LogP contribution in [0.4, 0.5) is 0 Å². The third kappa shape index (κ3) is 7.70. The zero-order valence-corrected chi connectivity index (χ0v) is 12.1. The van der Waals surface area contributed by atoms with E-state index >= 15 is 0 Å². The Balaban J connectivity index is 3.53. The number of rotatable bonds is 9. The molecule has 0 aliphatic carbocycles. The third-order valence-electron chi connectivity index (χ3n) is 2.34. The monoisotopic (exact) mass is 267 g/mol. The molecule has 104 valence electrons. The van der Waals surface area contributed by atoms with Gasteiger partial charge < -0.3 is 14.8 Å². The molecule has 6 heteroatoms. The van der Waals surface area contributed by atoms with Gasteiger partial charge in [-0.05, 0) is 20.8 Å². The van der Waals surface area contributed by atoms with Gasteiger partial charge in [0.1, 0.15) is 0 Å². The molecule has 17 heavy (non-hydrogen) atoms. The average Bonchev–Trinajstić information content (AvgIpc) is 2.20. The van der Waals surface area contributed by atoms with Crippen molar-refractivity contribution in [2.24, 2.45) is 0 Å². The summed E-state index contributed by atoms with van der Waals surface area (Å²) in [6.07, 6.45) is 0. The normalized spacial score (nSPS) is 12.9. The highest BCUT2D eigenvalue weighted by atomic mass is 32.2. The van der Waals surface area contributed by atoms with Crippen molar-refractivity contribution in [3.63, 3.8) is 0 Å². The Morgan fingerprint density at radius 1 is 1.06 bits per heavy atom. The minimum absolute atomic E-state index is 0.161. The molecule has 0 bridgehead atoms. The van der Waals surface area contributed by atoms with Crippen molar-refractivity contribution in [2.45, 2.75) is 25.5 Å². The summed E-state index contributed by atoms with van der Waals surface area (Å²) in [5.41, 5.74) is 0. The van der Waals surface area contributed by atoms with Gasteiger partial charge in [0.2, 0.25) is 0 Å². The number of methoxy groups -OCH3 is 1. The molecule has 0 aliphatic heterocycles. The summed E-state index contributed by atoms with van der Waals surface area (Å²) in [4.78, 5) is 0. The number of hydrogen-bond acceptors (Lipinski definition) is 5. The maximum absolute atomic E-state index is 11.7. The van der Waals surface area contributed by atoms with Gasteiger partial charge >= 0.3 is 0 Å². The van der Waals surface area contributed by atoms with E-state index < -0.39 is 14.6 Å². The van der Waals surface area contributed by atoms with E-state index in [9.17, 15) is 8.42 Å². The van der Waals surface area contributed by atoms with Gasteiger partial charge in [-0.3, -0.25) is 0 Å². The van der Waals surface area contributed by atoms with Crippen molar-refractivity contribution < 1.29 is 17.9 Å². The Hall–Kier alpha value is -0.170. The third-order valence-corrected chi connectivity index (χ3v) is 4.94. The molecule has 0 radical (unpaired) electrons. The van der Waals surface area contributed by atoms with Gasteiger partial charge in [0.05, 0.1) is 30.3 Å². The first kappa shape index (κ1) is 16.8. The highest BCUT2D eigenvalue weighted by molar-refractivity contribution is 7.92. The molecule has 0 aliphatic rings. The molecule has 0 aromatic heterocycles. The smallest absolute Gasteiger partial charge is 0.156 e. The van der Waals surface area contributed by atoms with Crippen molar-refractivity contribution in [3.8, 4) is 0 Å². The van der Waals surface area contributed by atoms with Crippen LogP contribution < -0.4 is 5.32 Å². The molecule has 0 atom stereocenters. The van der Waals surface area contributed by atoms with E-state index in [2.05, 4.69) is 5.32 Å². The highest BCUT2D eigenvalue weighted by Gasteiger charge is 2.27. The standard InChI is InChI=1S/C11H25NO4S/c1-11(2,3)17(13,14)10-6-12-5-7-16-9-8-15-4/h12H,5-10H2,1-4H3. The second kappa shape index (κ2) is 8.02. The number of hydrogen-bond donors (Lipinski definition) is 1. The first-order chi connectivity index (χ1) is 7.81. The fourth-order valence-electron chi connectivity index (χ4n) is 1.03. The molecule has 0 saturated carbocycles. The fraction of sp³-hybridized carbons (Fsp3) is 1.00. The molecule has 0 aromatic rings.